The maximum absolute atomic E-state index is 12.3. The zero-order valence-electron chi connectivity index (χ0n) is 11.7. The normalized spacial score (nSPS) is 17.4. The average Bonchev–Trinajstić information content (AvgIpc) is 2.41. The van der Waals surface area contributed by atoms with Gasteiger partial charge in [0.05, 0.1) is 5.69 Å². The molecule has 19 heavy (non-hydrogen) atoms. The topological polar surface area (TPSA) is 62.5 Å². The molecule has 0 bridgehead atoms. The number of nitrogens with zero attached hydrogens (tertiary/aromatic N) is 3. The summed E-state index contributed by atoms with van der Waals surface area (Å²) < 4.78 is 0. The molecule has 0 aromatic carbocycles. The van der Waals surface area contributed by atoms with Gasteiger partial charge in [-0.3, -0.25) is 4.79 Å². The highest BCUT2D eigenvalue weighted by Gasteiger charge is 2.22. The highest BCUT2D eigenvalue weighted by Crippen LogP contribution is 2.18. The van der Waals surface area contributed by atoms with Crippen LogP contribution in [-0.2, 0) is 0 Å². The lowest BCUT2D eigenvalue weighted by Gasteiger charge is -2.31. The van der Waals surface area contributed by atoms with Crippen molar-refractivity contribution in [2.75, 3.05) is 39.5 Å². The molecule has 0 saturated carbocycles. The minimum absolute atomic E-state index is 0.0861. The van der Waals surface area contributed by atoms with Crippen LogP contribution in [0.1, 0.15) is 23.3 Å². The molecule has 1 aromatic heterocycles. The van der Waals surface area contributed by atoms with Crippen LogP contribution < -0.4 is 5.73 Å². The summed E-state index contributed by atoms with van der Waals surface area (Å²) in [5.41, 5.74) is 6.60. The van der Waals surface area contributed by atoms with Crippen LogP contribution in [0, 0.1) is 5.92 Å². The van der Waals surface area contributed by atoms with Gasteiger partial charge >= 0.3 is 0 Å². The Morgan fingerprint density at radius 2 is 2.21 bits per heavy atom. The van der Waals surface area contributed by atoms with E-state index in [1.54, 1.807) is 23.2 Å². The number of pyridine rings is 1. The summed E-state index contributed by atoms with van der Waals surface area (Å²) in [5, 5.41) is 0. The quantitative estimate of drug-likeness (QED) is 0.885. The second-order valence-electron chi connectivity index (χ2n) is 5.37. The molecule has 2 N–H and O–H groups in total. The highest BCUT2D eigenvalue weighted by molar-refractivity contribution is 5.96. The number of aromatic nitrogens is 1. The van der Waals surface area contributed by atoms with Gasteiger partial charge in [-0.1, -0.05) is 0 Å². The summed E-state index contributed by atoms with van der Waals surface area (Å²) in [6, 6.07) is 3.45. The molecule has 1 aliphatic rings. The van der Waals surface area contributed by atoms with Gasteiger partial charge in [-0.15, -0.1) is 0 Å². The third-order valence-electron chi connectivity index (χ3n) is 3.76. The largest absolute Gasteiger partial charge is 0.397 e. The van der Waals surface area contributed by atoms with E-state index in [2.05, 4.69) is 16.9 Å². The van der Waals surface area contributed by atoms with E-state index in [1.165, 1.54) is 0 Å². The number of anilines is 1. The van der Waals surface area contributed by atoms with E-state index in [1.807, 2.05) is 7.05 Å². The van der Waals surface area contributed by atoms with Gasteiger partial charge in [0, 0.05) is 19.8 Å². The van der Waals surface area contributed by atoms with Crippen molar-refractivity contribution in [3.05, 3.63) is 24.0 Å². The van der Waals surface area contributed by atoms with Crippen LogP contribution in [0.15, 0.2) is 18.3 Å². The first kappa shape index (κ1) is 13.8. The Morgan fingerprint density at radius 1 is 1.53 bits per heavy atom. The van der Waals surface area contributed by atoms with E-state index in [9.17, 15) is 4.79 Å². The van der Waals surface area contributed by atoms with Crippen LogP contribution in [0.5, 0.6) is 0 Å². The number of nitrogen functional groups attached to an aromatic ring is 1. The van der Waals surface area contributed by atoms with E-state index in [-0.39, 0.29) is 5.91 Å². The van der Waals surface area contributed by atoms with Crippen molar-refractivity contribution in [2.45, 2.75) is 12.8 Å². The SMILES string of the molecule is CN1CCC(CN(C)C(=O)c2ncccc2N)CC1. The number of piperidine rings is 1. The number of rotatable bonds is 3. The molecule has 5 nitrogen and oxygen atoms in total. The predicted octanol–water partition coefficient (Wildman–Crippen LogP) is 1.08. The lowest BCUT2D eigenvalue weighted by molar-refractivity contribution is 0.0742. The second kappa shape index (κ2) is 6.02. The fourth-order valence-corrected chi connectivity index (χ4v) is 2.49. The Bertz CT molecular complexity index is 441. The standard InChI is InChI=1S/C14H22N4O/c1-17-8-5-11(6-9-17)10-18(2)14(19)13-12(15)4-3-7-16-13/h3-4,7,11H,5-6,8-10,15H2,1-2H3. The summed E-state index contributed by atoms with van der Waals surface area (Å²) in [6.07, 6.45) is 3.89. The summed E-state index contributed by atoms with van der Waals surface area (Å²) in [7, 11) is 3.97. The van der Waals surface area contributed by atoms with Crippen molar-refractivity contribution >= 4 is 11.6 Å². The fraction of sp³-hybridized carbons (Fsp3) is 0.571. The molecule has 1 saturated heterocycles. The van der Waals surface area contributed by atoms with Gasteiger partial charge in [0.1, 0.15) is 0 Å². The highest BCUT2D eigenvalue weighted by atomic mass is 16.2. The smallest absolute Gasteiger partial charge is 0.274 e. The molecule has 0 atom stereocenters. The number of carbonyl (C=O) groups excluding carboxylic acids is 1. The molecule has 0 unspecified atom stereocenters. The van der Waals surface area contributed by atoms with Crippen LogP contribution in [0.2, 0.25) is 0 Å². The molecule has 0 aliphatic carbocycles. The first-order valence-corrected chi connectivity index (χ1v) is 6.72. The fourth-order valence-electron chi connectivity index (χ4n) is 2.49. The molecule has 104 valence electrons. The Labute approximate surface area is 114 Å². The Balaban J connectivity index is 1.94. The molecule has 2 rings (SSSR count). The molecule has 2 heterocycles. The van der Waals surface area contributed by atoms with Crippen LogP contribution in [0.3, 0.4) is 0 Å². The van der Waals surface area contributed by atoms with E-state index >= 15 is 0 Å². The number of hydrogen-bond donors (Lipinski definition) is 1. The maximum atomic E-state index is 12.3. The zero-order valence-corrected chi connectivity index (χ0v) is 11.7. The average molecular weight is 262 g/mol. The summed E-state index contributed by atoms with van der Waals surface area (Å²) in [4.78, 5) is 20.4. The maximum Gasteiger partial charge on any atom is 0.274 e. The number of carbonyl (C=O) groups is 1. The second-order valence-corrected chi connectivity index (χ2v) is 5.37. The first-order valence-electron chi connectivity index (χ1n) is 6.72. The van der Waals surface area contributed by atoms with Crippen LogP contribution in [-0.4, -0.2) is 54.4 Å². The number of hydrogen-bond acceptors (Lipinski definition) is 4. The van der Waals surface area contributed by atoms with E-state index < -0.39 is 0 Å². The summed E-state index contributed by atoms with van der Waals surface area (Å²) >= 11 is 0. The number of likely N-dealkylation sites (tertiary alicyclic amines) is 1. The summed E-state index contributed by atoms with van der Waals surface area (Å²) in [5.74, 6) is 0.493. The molecule has 1 fully saturated rings. The van der Waals surface area contributed by atoms with Gasteiger partial charge in [-0.25, -0.2) is 4.98 Å². The molecular weight excluding hydrogens is 240 g/mol. The van der Waals surface area contributed by atoms with Gasteiger partial charge in [0.2, 0.25) is 0 Å². The molecule has 0 radical (unpaired) electrons. The van der Waals surface area contributed by atoms with Crippen molar-refractivity contribution in [1.29, 1.82) is 0 Å². The van der Waals surface area contributed by atoms with Gasteiger partial charge in [-0.2, -0.15) is 0 Å². The van der Waals surface area contributed by atoms with Crippen molar-refractivity contribution < 1.29 is 4.79 Å². The molecule has 0 spiro atoms. The monoisotopic (exact) mass is 262 g/mol. The third kappa shape index (κ3) is 3.44. The van der Waals surface area contributed by atoms with Crippen molar-refractivity contribution in [1.82, 2.24) is 14.8 Å². The van der Waals surface area contributed by atoms with E-state index in [0.29, 0.717) is 17.3 Å². The Kier molecular flexibility index (Phi) is 4.37. The van der Waals surface area contributed by atoms with Crippen LogP contribution in [0.4, 0.5) is 5.69 Å². The molecular formula is C14H22N4O. The molecule has 1 amide bonds. The minimum atomic E-state index is -0.0861. The van der Waals surface area contributed by atoms with Crippen LogP contribution >= 0.6 is 0 Å². The lowest BCUT2D eigenvalue weighted by atomic mass is 9.96. The number of amides is 1. The molecule has 1 aromatic rings. The predicted molar refractivity (Wildman–Crippen MR) is 75.8 cm³/mol. The Hall–Kier alpha value is -1.62. The van der Waals surface area contributed by atoms with E-state index in [0.717, 1.165) is 32.5 Å². The van der Waals surface area contributed by atoms with E-state index in [4.69, 9.17) is 5.73 Å². The third-order valence-corrected chi connectivity index (χ3v) is 3.76. The van der Waals surface area contributed by atoms with Gasteiger partial charge in [0.25, 0.3) is 5.91 Å². The summed E-state index contributed by atoms with van der Waals surface area (Å²) in [6.45, 7) is 3.00. The lowest BCUT2D eigenvalue weighted by Crippen LogP contribution is -2.38. The van der Waals surface area contributed by atoms with Crippen molar-refractivity contribution in [2.24, 2.45) is 5.92 Å². The van der Waals surface area contributed by atoms with Gasteiger partial charge in [0.15, 0.2) is 5.69 Å². The van der Waals surface area contributed by atoms with Crippen molar-refractivity contribution in [3.63, 3.8) is 0 Å². The molecule has 5 heteroatoms. The number of nitrogens with two attached hydrogens (primary N) is 1. The Morgan fingerprint density at radius 3 is 2.84 bits per heavy atom. The first-order chi connectivity index (χ1) is 9.08. The minimum Gasteiger partial charge on any atom is -0.397 e. The zero-order chi connectivity index (χ0) is 13.8. The van der Waals surface area contributed by atoms with Gasteiger partial charge < -0.3 is 15.5 Å². The van der Waals surface area contributed by atoms with Crippen LogP contribution in [0.25, 0.3) is 0 Å². The van der Waals surface area contributed by atoms with Crippen molar-refractivity contribution in [3.8, 4) is 0 Å². The molecule has 1 aliphatic heterocycles. The van der Waals surface area contributed by atoms with Gasteiger partial charge in [-0.05, 0) is 51.0 Å².